The number of hydrogen-bond donors (Lipinski definition) is 4. The molecule has 0 fully saturated rings. The third kappa shape index (κ3) is 4.81. The zero-order valence-electron chi connectivity index (χ0n) is 13.9. The van der Waals surface area contributed by atoms with Gasteiger partial charge in [0, 0.05) is 11.6 Å². The molecule has 11 heteroatoms. The highest BCUT2D eigenvalue weighted by Crippen LogP contribution is 2.30. The Morgan fingerprint density at radius 1 is 1.11 bits per heavy atom. The molecule has 0 radical (unpaired) electrons. The van der Waals surface area contributed by atoms with Crippen LogP contribution in [-0.2, 0) is 4.79 Å². The van der Waals surface area contributed by atoms with Crippen LogP contribution in [0.2, 0.25) is 0 Å². The van der Waals surface area contributed by atoms with Gasteiger partial charge >= 0.3 is 5.69 Å². The molecule has 27 heavy (non-hydrogen) atoms. The second kappa shape index (κ2) is 7.99. The number of fused-ring (bicyclic) bond motifs is 1. The molecule has 2 amide bonds. The average molecular weight is 373 g/mol. The Balaban J connectivity index is 1.51. The Morgan fingerprint density at radius 3 is 2.67 bits per heavy atom. The van der Waals surface area contributed by atoms with Gasteiger partial charge in [-0.3, -0.25) is 19.4 Å². The van der Waals surface area contributed by atoms with E-state index >= 15 is 0 Å². The van der Waals surface area contributed by atoms with E-state index in [1.807, 2.05) is 4.98 Å². The number of aromatic nitrogens is 2. The van der Waals surface area contributed by atoms with Crippen LogP contribution in [0.3, 0.4) is 0 Å². The van der Waals surface area contributed by atoms with Crippen molar-refractivity contribution >= 4 is 18.0 Å². The molecule has 0 spiro atoms. The van der Waals surface area contributed by atoms with Crippen LogP contribution in [0.25, 0.3) is 0 Å². The lowest BCUT2D eigenvalue weighted by Gasteiger charge is -2.18. The molecular weight excluding hydrogens is 358 g/mol. The van der Waals surface area contributed by atoms with Gasteiger partial charge in [0.1, 0.15) is 13.2 Å². The molecule has 0 unspecified atom stereocenters. The number of benzene rings is 1. The van der Waals surface area contributed by atoms with Gasteiger partial charge in [-0.25, -0.2) is 10.2 Å². The molecule has 0 saturated heterocycles. The Bertz CT molecular complexity index is 981. The van der Waals surface area contributed by atoms with Crippen LogP contribution in [0.5, 0.6) is 11.5 Å². The standard InChI is InChI=1S/C16H15N5O6/c22-13-6-10(19-16(25)20-13)7-18-21-14(23)8-17-15(24)9-1-2-11-12(5-9)27-4-3-26-11/h1-2,5-7H,3-4,8H2,(H,17,24)(H,21,23)(H2,19,20,22,25). The second-order valence-electron chi connectivity index (χ2n) is 5.38. The number of amides is 2. The quantitative estimate of drug-likeness (QED) is 0.378. The van der Waals surface area contributed by atoms with Crippen LogP contribution in [0, 0.1) is 0 Å². The van der Waals surface area contributed by atoms with E-state index in [2.05, 4.69) is 20.8 Å². The fraction of sp³-hybridized carbons (Fsp3) is 0.188. The zero-order chi connectivity index (χ0) is 19.2. The third-order valence-electron chi connectivity index (χ3n) is 3.39. The van der Waals surface area contributed by atoms with E-state index in [4.69, 9.17) is 9.47 Å². The molecule has 1 aromatic carbocycles. The van der Waals surface area contributed by atoms with Gasteiger partial charge in [0.05, 0.1) is 18.5 Å². The second-order valence-corrected chi connectivity index (χ2v) is 5.38. The normalized spacial score (nSPS) is 12.6. The Labute approximate surface area is 151 Å². The summed E-state index contributed by atoms with van der Waals surface area (Å²) in [7, 11) is 0. The maximum Gasteiger partial charge on any atom is 0.326 e. The van der Waals surface area contributed by atoms with E-state index < -0.39 is 23.1 Å². The molecule has 0 saturated carbocycles. The molecule has 140 valence electrons. The first-order valence-corrected chi connectivity index (χ1v) is 7.85. The first-order valence-electron chi connectivity index (χ1n) is 7.85. The van der Waals surface area contributed by atoms with Gasteiger partial charge in [-0.2, -0.15) is 5.10 Å². The summed E-state index contributed by atoms with van der Waals surface area (Å²) in [5.74, 6) is -0.0354. The summed E-state index contributed by atoms with van der Waals surface area (Å²) < 4.78 is 10.8. The molecule has 1 aliphatic rings. The Morgan fingerprint density at radius 2 is 1.89 bits per heavy atom. The van der Waals surface area contributed by atoms with Crippen molar-refractivity contribution in [2.75, 3.05) is 19.8 Å². The van der Waals surface area contributed by atoms with Gasteiger partial charge in [-0.05, 0) is 18.2 Å². The lowest BCUT2D eigenvalue weighted by molar-refractivity contribution is -0.120. The molecule has 4 N–H and O–H groups in total. The predicted octanol–water partition coefficient (Wildman–Crippen LogP) is -1.29. The lowest BCUT2D eigenvalue weighted by atomic mass is 10.2. The smallest absolute Gasteiger partial charge is 0.326 e. The molecule has 2 heterocycles. The van der Waals surface area contributed by atoms with Gasteiger partial charge in [0.25, 0.3) is 17.4 Å². The maximum absolute atomic E-state index is 12.1. The van der Waals surface area contributed by atoms with Crippen LogP contribution in [0.1, 0.15) is 16.1 Å². The monoisotopic (exact) mass is 373 g/mol. The van der Waals surface area contributed by atoms with Crippen LogP contribution in [0.15, 0.2) is 39.0 Å². The largest absolute Gasteiger partial charge is 0.486 e. The number of H-pyrrole nitrogens is 2. The summed E-state index contributed by atoms with van der Waals surface area (Å²) >= 11 is 0. The summed E-state index contributed by atoms with van der Waals surface area (Å²) in [5, 5.41) is 6.04. The van der Waals surface area contributed by atoms with Crippen molar-refractivity contribution in [3.63, 3.8) is 0 Å². The minimum Gasteiger partial charge on any atom is -0.486 e. The maximum atomic E-state index is 12.1. The van der Waals surface area contributed by atoms with Crippen molar-refractivity contribution in [2.45, 2.75) is 0 Å². The van der Waals surface area contributed by atoms with Gasteiger partial charge < -0.3 is 19.8 Å². The van der Waals surface area contributed by atoms with Gasteiger partial charge in [-0.15, -0.1) is 0 Å². The molecule has 0 atom stereocenters. The molecule has 0 bridgehead atoms. The van der Waals surface area contributed by atoms with E-state index in [1.165, 1.54) is 6.07 Å². The van der Waals surface area contributed by atoms with E-state index in [1.54, 1.807) is 12.1 Å². The minimum absolute atomic E-state index is 0.115. The average Bonchev–Trinajstić information content (AvgIpc) is 2.65. The van der Waals surface area contributed by atoms with E-state index in [-0.39, 0.29) is 12.2 Å². The predicted molar refractivity (Wildman–Crippen MR) is 93.2 cm³/mol. The SMILES string of the molecule is O=C(CNC(=O)c1ccc2c(c1)OCCO2)NN=Cc1cc(=O)[nH]c(=O)[nH]1. The van der Waals surface area contributed by atoms with Crippen molar-refractivity contribution in [1.82, 2.24) is 20.7 Å². The molecule has 3 rings (SSSR count). The van der Waals surface area contributed by atoms with E-state index in [0.717, 1.165) is 12.3 Å². The molecular formula is C16H15N5O6. The molecule has 2 aromatic rings. The molecule has 1 aliphatic heterocycles. The van der Waals surface area contributed by atoms with Crippen LogP contribution in [-0.4, -0.2) is 47.8 Å². The summed E-state index contributed by atoms with van der Waals surface area (Å²) in [4.78, 5) is 50.3. The van der Waals surface area contributed by atoms with Crippen molar-refractivity contribution < 1.29 is 19.1 Å². The number of hydrogen-bond acceptors (Lipinski definition) is 7. The Kier molecular flexibility index (Phi) is 5.30. The summed E-state index contributed by atoms with van der Waals surface area (Å²) in [6.45, 7) is 0.526. The number of aromatic amines is 2. The highest BCUT2D eigenvalue weighted by Gasteiger charge is 2.15. The number of hydrazone groups is 1. The third-order valence-corrected chi connectivity index (χ3v) is 3.39. The van der Waals surface area contributed by atoms with Crippen LogP contribution >= 0.6 is 0 Å². The van der Waals surface area contributed by atoms with Crippen molar-refractivity contribution in [1.29, 1.82) is 0 Å². The minimum atomic E-state index is -0.693. The number of carbonyl (C=O) groups excluding carboxylic acids is 2. The summed E-state index contributed by atoms with van der Waals surface area (Å²) in [5.41, 5.74) is 1.30. The van der Waals surface area contributed by atoms with Crippen molar-refractivity contribution in [3.8, 4) is 11.5 Å². The summed E-state index contributed by atoms with van der Waals surface area (Å²) in [6, 6.07) is 5.81. The highest BCUT2D eigenvalue weighted by molar-refractivity contribution is 5.97. The van der Waals surface area contributed by atoms with Gasteiger partial charge in [-0.1, -0.05) is 0 Å². The Hall–Kier alpha value is -3.89. The van der Waals surface area contributed by atoms with Crippen LogP contribution < -0.4 is 31.5 Å². The summed E-state index contributed by atoms with van der Waals surface area (Å²) in [6.07, 6.45) is 1.09. The fourth-order valence-corrected chi connectivity index (χ4v) is 2.22. The van der Waals surface area contributed by atoms with Gasteiger partial charge in [0.2, 0.25) is 0 Å². The highest BCUT2D eigenvalue weighted by atomic mass is 16.6. The number of rotatable bonds is 5. The first-order chi connectivity index (χ1) is 13.0. The molecule has 11 nitrogen and oxygen atoms in total. The van der Waals surface area contributed by atoms with Crippen molar-refractivity contribution in [3.05, 3.63) is 56.4 Å². The van der Waals surface area contributed by atoms with Crippen molar-refractivity contribution in [2.24, 2.45) is 5.10 Å². The fourth-order valence-electron chi connectivity index (χ4n) is 2.22. The first kappa shape index (κ1) is 17.9. The van der Waals surface area contributed by atoms with Crippen LogP contribution in [0.4, 0.5) is 0 Å². The number of nitrogens with zero attached hydrogens (tertiary/aromatic N) is 1. The number of nitrogens with one attached hydrogen (secondary N) is 4. The van der Waals surface area contributed by atoms with E-state index in [0.29, 0.717) is 30.3 Å². The molecule has 0 aliphatic carbocycles. The van der Waals surface area contributed by atoms with Gasteiger partial charge in [0.15, 0.2) is 11.5 Å². The number of ether oxygens (including phenoxy) is 2. The van der Waals surface area contributed by atoms with E-state index in [9.17, 15) is 19.2 Å². The lowest BCUT2D eigenvalue weighted by Crippen LogP contribution is -2.35. The number of carbonyl (C=O) groups is 2. The zero-order valence-corrected chi connectivity index (χ0v) is 13.9. The topological polar surface area (TPSA) is 155 Å². The molecule has 1 aromatic heterocycles.